The smallest absolute Gasteiger partial charge is 0.259 e. The molecule has 124 valence electrons. The molecule has 24 heavy (non-hydrogen) atoms. The Morgan fingerprint density at radius 2 is 1.83 bits per heavy atom. The van der Waals surface area contributed by atoms with Gasteiger partial charge in [-0.3, -0.25) is 0 Å². The molecule has 0 aliphatic heterocycles. The monoisotopic (exact) mass is 367 g/mol. The van der Waals surface area contributed by atoms with E-state index in [1.54, 1.807) is 12.1 Å². The number of sulfone groups is 1. The van der Waals surface area contributed by atoms with Gasteiger partial charge in [-0.25, -0.2) is 17.8 Å². The predicted molar refractivity (Wildman–Crippen MR) is 85.3 cm³/mol. The zero-order valence-electron chi connectivity index (χ0n) is 12.2. The van der Waals surface area contributed by atoms with Crippen LogP contribution in [-0.2, 0) is 21.3 Å². The minimum Gasteiger partial charge on any atom is -0.334 e. The van der Waals surface area contributed by atoms with E-state index in [0.717, 1.165) is 0 Å². The quantitative estimate of drug-likeness (QED) is 0.644. The summed E-state index contributed by atoms with van der Waals surface area (Å²) in [5.41, 5.74) is 1.02. The van der Waals surface area contributed by atoms with Crippen molar-refractivity contribution in [3.8, 4) is 11.5 Å². The van der Waals surface area contributed by atoms with Crippen molar-refractivity contribution in [2.75, 3.05) is 0 Å². The van der Waals surface area contributed by atoms with Crippen molar-refractivity contribution in [3.63, 3.8) is 0 Å². The first kappa shape index (κ1) is 16.5. The van der Waals surface area contributed by atoms with Crippen molar-refractivity contribution in [2.24, 2.45) is 0 Å². The van der Waals surface area contributed by atoms with Crippen LogP contribution in [0.4, 0.5) is 4.39 Å². The first-order valence-electron chi connectivity index (χ1n) is 6.81. The van der Waals surface area contributed by atoms with Crippen LogP contribution in [0.5, 0.6) is 0 Å². The fourth-order valence-corrected chi connectivity index (χ4v) is 3.44. The van der Waals surface area contributed by atoms with Gasteiger partial charge < -0.3 is 4.52 Å². The normalized spacial score (nSPS) is 11.6. The molecule has 0 amide bonds. The molecule has 9 heteroatoms. The van der Waals surface area contributed by atoms with Crippen LogP contribution in [0.1, 0.15) is 11.4 Å². The molecule has 3 aromatic rings. The number of pyridine rings is 1. The molecule has 0 saturated heterocycles. The molecule has 1 aromatic carbocycles. The summed E-state index contributed by atoms with van der Waals surface area (Å²) >= 11 is 5.70. The van der Waals surface area contributed by atoms with Gasteiger partial charge in [0.05, 0.1) is 11.3 Å². The molecule has 0 N–H and O–H groups in total. The lowest BCUT2D eigenvalue weighted by Crippen LogP contribution is -2.08. The van der Waals surface area contributed by atoms with Crippen molar-refractivity contribution in [1.82, 2.24) is 15.1 Å². The molecule has 0 unspecified atom stereocenters. The van der Waals surface area contributed by atoms with E-state index in [-0.39, 0.29) is 23.2 Å². The van der Waals surface area contributed by atoms with Crippen LogP contribution in [0.15, 0.2) is 47.1 Å². The summed E-state index contributed by atoms with van der Waals surface area (Å²) in [6, 6.07) is 8.48. The van der Waals surface area contributed by atoms with Crippen molar-refractivity contribution < 1.29 is 17.3 Å². The molecule has 0 aliphatic carbocycles. The third-order valence-electron chi connectivity index (χ3n) is 3.09. The molecule has 6 nitrogen and oxygen atoms in total. The molecule has 2 heterocycles. The maximum Gasteiger partial charge on any atom is 0.259 e. The van der Waals surface area contributed by atoms with Crippen LogP contribution in [-0.4, -0.2) is 23.5 Å². The Bertz CT molecular complexity index is 941. The molecule has 0 fully saturated rings. The fourth-order valence-electron chi connectivity index (χ4n) is 2.01. The van der Waals surface area contributed by atoms with E-state index < -0.39 is 15.7 Å². The summed E-state index contributed by atoms with van der Waals surface area (Å²) in [5, 5.41) is 3.99. The highest BCUT2D eigenvalue weighted by Crippen LogP contribution is 2.19. The van der Waals surface area contributed by atoms with Gasteiger partial charge in [0.1, 0.15) is 16.7 Å². The van der Waals surface area contributed by atoms with Gasteiger partial charge >= 0.3 is 0 Å². The SMILES string of the molecule is O=S(=O)(Cc1ccc(F)cc1)Cc1noc(-c2ccc(Cl)nc2)n1. The standard InChI is InChI=1S/C15H11ClFN3O3S/c16-13-6-3-11(7-18-13)15-19-14(20-23-15)9-24(21,22)8-10-1-4-12(17)5-2-10/h1-7H,8-9H2. The molecule has 0 bridgehead atoms. The molecule has 2 aromatic heterocycles. The number of halogens is 2. The lowest BCUT2D eigenvalue weighted by molar-refractivity contribution is 0.424. The van der Waals surface area contributed by atoms with Gasteiger partial charge in [-0.1, -0.05) is 28.9 Å². The van der Waals surface area contributed by atoms with E-state index in [1.807, 2.05) is 0 Å². The Balaban J connectivity index is 1.73. The molecule has 0 saturated carbocycles. The maximum absolute atomic E-state index is 12.9. The van der Waals surface area contributed by atoms with E-state index in [1.165, 1.54) is 30.5 Å². The van der Waals surface area contributed by atoms with Crippen LogP contribution in [0.3, 0.4) is 0 Å². The number of hydrogen-bond acceptors (Lipinski definition) is 6. The average molecular weight is 368 g/mol. The van der Waals surface area contributed by atoms with Crippen molar-refractivity contribution >= 4 is 21.4 Å². The Morgan fingerprint density at radius 3 is 2.50 bits per heavy atom. The summed E-state index contributed by atoms with van der Waals surface area (Å²) < 4.78 is 42.3. The predicted octanol–water partition coefficient (Wildman–Crippen LogP) is 3.04. The summed E-state index contributed by atoms with van der Waals surface area (Å²) in [7, 11) is -3.52. The first-order chi connectivity index (χ1) is 11.4. The summed E-state index contributed by atoms with van der Waals surface area (Å²) in [5.74, 6) is -0.835. The Labute approximate surface area is 142 Å². The van der Waals surface area contributed by atoms with E-state index in [0.29, 0.717) is 16.3 Å². The Morgan fingerprint density at radius 1 is 1.08 bits per heavy atom. The average Bonchev–Trinajstić information content (AvgIpc) is 2.98. The number of rotatable bonds is 5. The molecule has 0 spiro atoms. The summed E-state index contributed by atoms with van der Waals surface area (Å²) in [6.45, 7) is 0. The van der Waals surface area contributed by atoms with Crippen LogP contribution in [0.25, 0.3) is 11.5 Å². The van der Waals surface area contributed by atoms with Gasteiger partial charge in [-0.2, -0.15) is 4.98 Å². The summed E-state index contributed by atoms with van der Waals surface area (Å²) in [6.07, 6.45) is 1.45. The second-order valence-corrected chi connectivity index (χ2v) is 7.50. The van der Waals surface area contributed by atoms with Crippen LogP contribution in [0.2, 0.25) is 5.15 Å². The second kappa shape index (κ2) is 6.66. The van der Waals surface area contributed by atoms with Crippen molar-refractivity contribution in [3.05, 3.63) is 65.0 Å². The van der Waals surface area contributed by atoms with Gasteiger partial charge in [-0.05, 0) is 29.8 Å². The topological polar surface area (TPSA) is 86.0 Å². The van der Waals surface area contributed by atoms with Gasteiger partial charge in [-0.15, -0.1) is 0 Å². The summed E-state index contributed by atoms with van der Waals surface area (Å²) in [4.78, 5) is 7.94. The van der Waals surface area contributed by atoms with Crippen LogP contribution >= 0.6 is 11.6 Å². The molecule has 0 aliphatic rings. The Hall–Kier alpha value is -2.32. The highest BCUT2D eigenvalue weighted by molar-refractivity contribution is 7.89. The second-order valence-electron chi connectivity index (χ2n) is 5.04. The van der Waals surface area contributed by atoms with Gasteiger partial charge in [0, 0.05) is 6.20 Å². The fraction of sp³-hybridized carbons (Fsp3) is 0.133. The van der Waals surface area contributed by atoms with E-state index >= 15 is 0 Å². The maximum atomic E-state index is 12.9. The minimum absolute atomic E-state index is 0.0436. The number of aromatic nitrogens is 3. The third kappa shape index (κ3) is 4.15. The zero-order valence-corrected chi connectivity index (χ0v) is 13.8. The van der Waals surface area contributed by atoms with Crippen molar-refractivity contribution in [2.45, 2.75) is 11.5 Å². The number of benzene rings is 1. The molecule has 0 radical (unpaired) electrons. The number of nitrogens with zero attached hydrogens (tertiary/aromatic N) is 3. The van der Waals surface area contributed by atoms with Gasteiger partial charge in [0.15, 0.2) is 15.7 Å². The van der Waals surface area contributed by atoms with Crippen LogP contribution in [0, 0.1) is 5.82 Å². The molecule has 3 rings (SSSR count). The zero-order chi connectivity index (χ0) is 17.2. The highest BCUT2D eigenvalue weighted by Gasteiger charge is 2.18. The highest BCUT2D eigenvalue weighted by atomic mass is 35.5. The first-order valence-corrected chi connectivity index (χ1v) is 9.01. The lowest BCUT2D eigenvalue weighted by Gasteiger charge is -2.01. The molecule has 0 atom stereocenters. The van der Waals surface area contributed by atoms with E-state index in [4.69, 9.17) is 16.1 Å². The molecular formula is C15H11ClFN3O3S. The van der Waals surface area contributed by atoms with Crippen molar-refractivity contribution in [1.29, 1.82) is 0 Å². The molecular weight excluding hydrogens is 357 g/mol. The number of hydrogen-bond donors (Lipinski definition) is 0. The Kier molecular flexibility index (Phi) is 4.59. The van der Waals surface area contributed by atoms with Crippen LogP contribution < -0.4 is 0 Å². The minimum atomic E-state index is -3.52. The van der Waals surface area contributed by atoms with Gasteiger partial charge in [0.25, 0.3) is 5.89 Å². The van der Waals surface area contributed by atoms with E-state index in [2.05, 4.69) is 15.1 Å². The lowest BCUT2D eigenvalue weighted by atomic mass is 10.2. The largest absolute Gasteiger partial charge is 0.334 e. The van der Waals surface area contributed by atoms with E-state index in [9.17, 15) is 12.8 Å². The van der Waals surface area contributed by atoms with Gasteiger partial charge in [0.2, 0.25) is 0 Å². The third-order valence-corrected chi connectivity index (χ3v) is 4.79.